The fraction of sp³-hybridized carbons (Fsp3) is 0.385. The van der Waals surface area contributed by atoms with Gasteiger partial charge >= 0.3 is 5.97 Å². The summed E-state index contributed by atoms with van der Waals surface area (Å²) >= 11 is 0. The Labute approximate surface area is 215 Å². The van der Waals surface area contributed by atoms with Crippen LogP contribution in [0.1, 0.15) is 31.4 Å². The first-order chi connectivity index (χ1) is 17.4. The molecule has 11 nitrogen and oxygen atoms in total. The number of nitrogens with two attached hydrogens (primary N) is 1. The third kappa shape index (κ3) is 10.2. The molecular weight excluding hydrogens is 480 g/mol. The first-order valence-corrected chi connectivity index (χ1v) is 11.9. The van der Waals surface area contributed by atoms with Gasteiger partial charge < -0.3 is 37.0 Å². The molecule has 200 valence electrons. The molecule has 0 heterocycles. The zero-order chi connectivity index (χ0) is 27.5. The Balaban J connectivity index is 2.11. The summed E-state index contributed by atoms with van der Waals surface area (Å²) in [5.74, 6) is -2.94. The summed E-state index contributed by atoms with van der Waals surface area (Å²) in [5.41, 5.74) is 7.00. The van der Waals surface area contributed by atoms with Gasteiger partial charge in [0.15, 0.2) is 0 Å². The summed E-state index contributed by atoms with van der Waals surface area (Å²) < 4.78 is 0. The van der Waals surface area contributed by atoms with E-state index in [0.717, 1.165) is 0 Å². The zero-order valence-electron chi connectivity index (χ0n) is 20.8. The maximum atomic E-state index is 13.1. The highest BCUT2D eigenvalue weighted by molar-refractivity contribution is 5.92. The molecule has 2 aromatic carbocycles. The summed E-state index contributed by atoms with van der Waals surface area (Å²) in [7, 11) is 0. The Morgan fingerprint density at radius 1 is 0.784 bits per heavy atom. The van der Waals surface area contributed by atoms with Gasteiger partial charge in [-0.3, -0.25) is 14.4 Å². The van der Waals surface area contributed by atoms with E-state index in [1.807, 2.05) is 13.8 Å². The van der Waals surface area contributed by atoms with Crippen LogP contribution < -0.4 is 21.7 Å². The van der Waals surface area contributed by atoms with E-state index in [-0.39, 0.29) is 30.3 Å². The largest absolute Gasteiger partial charge is 0.508 e. The Bertz CT molecular complexity index is 1070. The predicted molar refractivity (Wildman–Crippen MR) is 136 cm³/mol. The molecule has 37 heavy (non-hydrogen) atoms. The zero-order valence-corrected chi connectivity index (χ0v) is 20.8. The van der Waals surface area contributed by atoms with Gasteiger partial charge in [0.1, 0.15) is 23.6 Å². The number of hydrogen-bond acceptors (Lipinski definition) is 7. The number of amides is 3. The van der Waals surface area contributed by atoms with Crippen LogP contribution in [0.5, 0.6) is 11.5 Å². The fourth-order valence-corrected chi connectivity index (χ4v) is 3.58. The number of aromatic hydroxyl groups is 2. The molecule has 0 aliphatic rings. The molecule has 2 rings (SSSR count). The monoisotopic (exact) mass is 514 g/mol. The average Bonchev–Trinajstić information content (AvgIpc) is 2.83. The molecule has 0 spiro atoms. The second-order valence-electron chi connectivity index (χ2n) is 9.21. The normalized spacial score (nSPS) is 13.3. The topological polar surface area (TPSA) is 191 Å². The van der Waals surface area contributed by atoms with E-state index in [1.54, 1.807) is 24.3 Å². The highest BCUT2D eigenvalue weighted by Gasteiger charge is 2.27. The van der Waals surface area contributed by atoms with E-state index in [4.69, 9.17) is 5.73 Å². The van der Waals surface area contributed by atoms with E-state index < -0.39 is 48.4 Å². The van der Waals surface area contributed by atoms with Crippen LogP contribution in [0.2, 0.25) is 0 Å². The lowest BCUT2D eigenvalue weighted by molar-refractivity contribution is -0.142. The quantitative estimate of drug-likeness (QED) is 0.200. The van der Waals surface area contributed by atoms with Crippen molar-refractivity contribution in [1.82, 2.24) is 16.0 Å². The number of carbonyl (C=O) groups excluding carboxylic acids is 3. The summed E-state index contributed by atoms with van der Waals surface area (Å²) in [4.78, 5) is 49.6. The second-order valence-corrected chi connectivity index (χ2v) is 9.21. The Kier molecular flexibility index (Phi) is 10.9. The Morgan fingerprint density at radius 2 is 1.27 bits per heavy atom. The maximum Gasteiger partial charge on any atom is 0.326 e. The van der Waals surface area contributed by atoms with Gasteiger partial charge in [-0.2, -0.15) is 0 Å². The summed E-state index contributed by atoms with van der Waals surface area (Å²) in [6, 6.07) is 8.64. The minimum Gasteiger partial charge on any atom is -0.508 e. The van der Waals surface area contributed by atoms with Crippen molar-refractivity contribution in [3.8, 4) is 11.5 Å². The van der Waals surface area contributed by atoms with Crippen molar-refractivity contribution in [2.24, 2.45) is 11.7 Å². The number of carboxylic acid groups (broad SMARTS) is 1. The van der Waals surface area contributed by atoms with Crippen LogP contribution in [-0.4, -0.2) is 63.7 Å². The van der Waals surface area contributed by atoms with Crippen molar-refractivity contribution in [2.45, 2.75) is 51.2 Å². The first-order valence-electron chi connectivity index (χ1n) is 11.9. The lowest BCUT2D eigenvalue weighted by Gasteiger charge is -2.22. The van der Waals surface area contributed by atoms with Crippen LogP contribution in [0.25, 0.3) is 0 Å². The van der Waals surface area contributed by atoms with Crippen LogP contribution in [0.4, 0.5) is 0 Å². The third-order valence-corrected chi connectivity index (χ3v) is 5.50. The molecule has 11 heteroatoms. The highest BCUT2D eigenvalue weighted by atomic mass is 16.4. The summed E-state index contributed by atoms with van der Waals surface area (Å²) in [6.45, 7) is 3.41. The molecule has 0 aliphatic heterocycles. The van der Waals surface area contributed by atoms with Gasteiger partial charge in [0.2, 0.25) is 17.7 Å². The number of phenols is 2. The summed E-state index contributed by atoms with van der Waals surface area (Å²) in [5, 5.41) is 36.0. The van der Waals surface area contributed by atoms with Crippen molar-refractivity contribution in [3.63, 3.8) is 0 Å². The number of carboxylic acids is 1. The summed E-state index contributed by atoms with van der Waals surface area (Å²) in [6.07, 6.45) is 0.395. The van der Waals surface area contributed by atoms with Crippen molar-refractivity contribution in [3.05, 3.63) is 59.7 Å². The van der Waals surface area contributed by atoms with Gasteiger partial charge in [-0.05, 0) is 47.7 Å². The van der Waals surface area contributed by atoms with Gasteiger partial charge in [-0.1, -0.05) is 38.1 Å². The number of phenolic OH excluding ortho intramolecular Hbond substituents is 2. The molecule has 2 aromatic rings. The number of nitrogens with one attached hydrogen (secondary N) is 3. The van der Waals surface area contributed by atoms with Crippen molar-refractivity contribution >= 4 is 23.7 Å². The average molecular weight is 515 g/mol. The number of rotatable bonds is 13. The van der Waals surface area contributed by atoms with Gasteiger partial charge in [-0.15, -0.1) is 0 Å². The van der Waals surface area contributed by atoms with E-state index in [9.17, 15) is 34.5 Å². The van der Waals surface area contributed by atoms with E-state index in [1.165, 1.54) is 24.3 Å². The molecular formula is C26H34N4O7. The highest BCUT2D eigenvalue weighted by Crippen LogP contribution is 2.13. The van der Waals surface area contributed by atoms with Crippen LogP contribution in [0, 0.1) is 5.92 Å². The van der Waals surface area contributed by atoms with Crippen molar-refractivity contribution in [2.75, 3.05) is 6.54 Å². The first kappa shape index (κ1) is 29.1. The number of hydrogen-bond donors (Lipinski definition) is 7. The minimum atomic E-state index is -1.30. The van der Waals surface area contributed by atoms with Crippen molar-refractivity contribution in [1.29, 1.82) is 0 Å². The van der Waals surface area contributed by atoms with Gasteiger partial charge in [-0.25, -0.2) is 4.79 Å². The molecule has 3 amide bonds. The minimum absolute atomic E-state index is 0.00418. The molecule has 0 saturated heterocycles. The second kappa shape index (κ2) is 13.8. The Morgan fingerprint density at radius 3 is 1.73 bits per heavy atom. The van der Waals surface area contributed by atoms with E-state index >= 15 is 0 Å². The van der Waals surface area contributed by atoms with Crippen LogP contribution in [0.15, 0.2) is 48.5 Å². The van der Waals surface area contributed by atoms with E-state index in [2.05, 4.69) is 16.0 Å². The molecule has 0 bridgehead atoms. The number of aliphatic carboxylic acids is 1. The predicted octanol–water partition coefficient (Wildman–Crippen LogP) is 0.427. The lowest BCUT2D eigenvalue weighted by Crippen LogP contribution is -2.54. The van der Waals surface area contributed by atoms with Crippen LogP contribution >= 0.6 is 0 Å². The molecule has 8 N–H and O–H groups in total. The molecule has 0 radical (unpaired) electrons. The lowest BCUT2D eigenvalue weighted by atomic mass is 10.0. The molecule has 0 aliphatic carbocycles. The molecule has 0 saturated carbocycles. The number of carbonyl (C=O) groups is 4. The fourth-order valence-electron chi connectivity index (χ4n) is 3.58. The molecule has 3 atom stereocenters. The molecule has 0 aromatic heterocycles. The van der Waals surface area contributed by atoms with Crippen LogP contribution in [0.3, 0.4) is 0 Å². The standard InChI is InChI=1S/C26H34N4O7/c1-15(2)11-20(27)24(34)28-14-23(33)29-21(12-16-3-7-18(31)8-4-16)25(35)30-22(26(36)37)13-17-5-9-19(32)10-6-17/h3-10,15,20-22,31-32H,11-14,27H2,1-2H3,(H,28,34)(H,29,33)(H,30,35)(H,36,37). The van der Waals surface area contributed by atoms with Crippen molar-refractivity contribution < 1.29 is 34.5 Å². The molecule has 0 fully saturated rings. The van der Waals surface area contributed by atoms with Crippen LogP contribution in [-0.2, 0) is 32.0 Å². The van der Waals surface area contributed by atoms with E-state index in [0.29, 0.717) is 17.5 Å². The van der Waals surface area contributed by atoms with Gasteiger partial charge in [0.25, 0.3) is 0 Å². The van der Waals surface area contributed by atoms with Gasteiger partial charge in [0, 0.05) is 12.8 Å². The Hall–Kier alpha value is -4.12. The smallest absolute Gasteiger partial charge is 0.326 e. The number of benzene rings is 2. The third-order valence-electron chi connectivity index (χ3n) is 5.50. The SMILES string of the molecule is CC(C)CC(N)C(=O)NCC(=O)NC(Cc1ccc(O)cc1)C(=O)NC(Cc1ccc(O)cc1)C(=O)O. The maximum absolute atomic E-state index is 13.1. The molecule has 3 unspecified atom stereocenters. The van der Waals surface area contributed by atoms with Gasteiger partial charge in [0.05, 0.1) is 12.6 Å².